The average Bonchev–Trinajstić information content (AvgIpc) is 3.41. The van der Waals surface area contributed by atoms with Gasteiger partial charge in [0.25, 0.3) is 5.91 Å². The van der Waals surface area contributed by atoms with Crippen LogP contribution in [0.2, 0.25) is 5.02 Å². The van der Waals surface area contributed by atoms with Crippen molar-refractivity contribution in [1.82, 2.24) is 30.2 Å². The smallest absolute Gasteiger partial charge is 0.395 e. The van der Waals surface area contributed by atoms with E-state index in [4.69, 9.17) is 16.7 Å². The van der Waals surface area contributed by atoms with E-state index in [9.17, 15) is 23.1 Å². The van der Waals surface area contributed by atoms with Crippen LogP contribution in [0.5, 0.6) is 0 Å². The summed E-state index contributed by atoms with van der Waals surface area (Å²) in [4.78, 5) is 33.7. The van der Waals surface area contributed by atoms with Crippen LogP contribution in [0.25, 0.3) is 0 Å². The van der Waals surface area contributed by atoms with Gasteiger partial charge in [0.05, 0.1) is 28.1 Å². The van der Waals surface area contributed by atoms with Gasteiger partial charge in [0.15, 0.2) is 6.23 Å². The average molecular weight is 587 g/mol. The molecule has 1 aliphatic rings. The lowest BCUT2D eigenvalue weighted by atomic mass is 10.2. The summed E-state index contributed by atoms with van der Waals surface area (Å²) in [7, 11) is 0. The summed E-state index contributed by atoms with van der Waals surface area (Å²) in [5.41, 5.74) is -0.899. The van der Waals surface area contributed by atoms with Crippen LogP contribution in [-0.4, -0.2) is 80.3 Å². The molecule has 2 atom stereocenters. The Morgan fingerprint density at radius 2 is 1.90 bits per heavy atom. The standard InChI is InChI=1S/C23H26ClF3N8O3S/c1-13(32-20(37)16-9-19(31-12-30-16)35-4-2-34(3-5-35)6-7-36)22-29-11-17(39-22)21(38)33-18-8-14(23(25,26)27)15(24)10-28-18/h8-13,21,36,38H,2-7H2,1H3,(H,28,33)(H,32,37)/t13-,21?/m1/s1. The Morgan fingerprint density at radius 1 is 1.15 bits per heavy atom. The normalized spacial score (nSPS) is 16.1. The Morgan fingerprint density at radius 3 is 2.59 bits per heavy atom. The van der Waals surface area contributed by atoms with Crippen LogP contribution in [0.1, 0.15) is 45.1 Å². The molecule has 0 spiro atoms. The summed E-state index contributed by atoms with van der Waals surface area (Å²) in [6, 6.07) is 1.77. The Bertz CT molecular complexity index is 1290. The van der Waals surface area contributed by atoms with Gasteiger partial charge in [-0.2, -0.15) is 13.2 Å². The summed E-state index contributed by atoms with van der Waals surface area (Å²) >= 11 is 6.66. The number of anilines is 2. The number of hydrogen-bond donors (Lipinski definition) is 4. The first-order valence-corrected chi connectivity index (χ1v) is 13.1. The number of halogens is 4. The van der Waals surface area contributed by atoms with Gasteiger partial charge in [-0.25, -0.2) is 19.9 Å². The minimum Gasteiger partial charge on any atom is -0.395 e. The maximum absolute atomic E-state index is 13.1. The quantitative estimate of drug-likeness (QED) is 0.277. The van der Waals surface area contributed by atoms with E-state index in [-0.39, 0.29) is 18.1 Å². The molecule has 3 aromatic rings. The first kappa shape index (κ1) is 28.9. The Kier molecular flexibility index (Phi) is 9.17. The number of thiazole rings is 1. The molecule has 1 unspecified atom stereocenters. The predicted octanol–water partition coefficient (Wildman–Crippen LogP) is 2.71. The van der Waals surface area contributed by atoms with E-state index in [0.29, 0.717) is 41.4 Å². The van der Waals surface area contributed by atoms with Gasteiger partial charge in [-0.05, 0) is 13.0 Å². The molecule has 1 fully saturated rings. The Hall–Kier alpha value is -3.11. The first-order chi connectivity index (χ1) is 18.5. The van der Waals surface area contributed by atoms with Crippen molar-refractivity contribution in [3.05, 3.63) is 57.0 Å². The number of β-amino-alcohol motifs (C(OH)–C–C–N with tert-alkyl or cyclic N) is 1. The fraction of sp³-hybridized carbons (Fsp3) is 0.435. The van der Waals surface area contributed by atoms with Gasteiger partial charge in [0.1, 0.15) is 28.7 Å². The summed E-state index contributed by atoms with van der Waals surface area (Å²) in [5, 5.41) is 24.8. The van der Waals surface area contributed by atoms with E-state index in [2.05, 4.69) is 35.5 Å². The molecule has 0 bridgehead atoms. The van der Waals surface area contributed by atoms with E-state index in [1.165, 1.54) is 12.5 Å². The second kappa shape index (κ2) is 12.4. The minimum atomic E-state index is -4.67. The van der Waals surface area contributed by atoms with E-state index in [0.717, 1.165) is 30.6 Å². The molecule has 3 aromatic heterocycles. The number of carbonyl (C=O) groups is 1. The molecular formula is C23H26ClF3N8O3S. The van der Waals surface area contributed by atoms with Crippen molar-refractivity contribution in [2.45, 2.75) is 25.4 Å². The van der Waals surface area contributed by atoms with Crippen LogP contribution in [-0.2, 0) is 6.18 Å². The van der Waals surface area contributed by atoms with Gasteiger partial charge in [0, 0.05) is 51.2 Å². The van der Waals surface area contributed by atoms with Crippen molar-refractivity contribution in [3.63, 3.8) is 0 Å². The van der Waals surface area contributed by atoms with E-state index in [1.807, 2.05) is 4.90 Å². The van der Waals surface area contributed by atoms with E-state index >= 15 is 0 Å². The number of pyridine rings is 1. The topological polar surface area (TPSA) is 140 Å². The largest absolute Gasteiger partial charge is 0.418 e. The number of alkyl halides is 3. The number of aromatic nitrogens is 4. The number of nitrogens with zero attached hydrogens (tertiary/aromatic N) is 6. The third-order valence-corrected chi connectivity index (χ3v) is 7.51. The first-order valence-electron chi connectivity index (χ1n) is 11.9. The number of rotatable bonds is 9. The Labute approximate surface area is 230 Å². The molecule has 4 rings (SSSR count). The van der Waals surface area contributed by atoms with Crippen LogP contribution >= 0.6 is 22.9 Å². The molecule has 1 aliphatic heterocycles. The number of carbonyl (C=O) groups excluding carboxylic acids is 1. The fourth-order valence-electron chi connectivity index (χ4n) is 3.89. The predicted molar refractivity (Wildman–Crippen MR) is 139 cm³/mol. The second-order valence-electron chi connectivity index (χ2n) is 8.70. The van der Waals surface area contributed by atoms with Crippen LogP contribution < -0.4 is 15.5 Å². The molecule has 0 saturated carbocycles. The molecule has 1 amide bonds. The third kappa shape index (κ3) is 7.30. The zero-order chi connectivity index (χ0) is 28.2. The molecule has 11 nitrogen and oxygen atoms in total. The van der Waals surface area contributed by atoms with Crippen LogP contribution in [0.15, 0.2) is 30.9 Å². The molecule has 39 heavy (non-hydrogen) atoms. The second-order valence-corrected chi connectivity index (χ2v) is 10.2. The van der Waals surface area contributed by atoms with E-state index in [1.54, 1.807) is 13.0 Å². The summed E-state index contributed by atoms with van der Waals surface area (Å²) in [6.07, 6.45) is -2.53. The molecule has 4 heterocycles. The number of aliphatic hydroxyl groups excluding tert-OH is 2. The molecule has 4 N–H and O–H groups in total. The van der Waals surface area contributed by atoms with Crippen molar-refractivity contribution >= 4 is 40.5 Å². The highest BCUT2D eigenvalue weighted by Gasteiger charge is 2.34. The number of amides is 1. The lowest BCUT2D eigenvalue weighted by Gasteiger charge is -2.35. The molecule has 0 aromatic carbocycles. The summed E-state index contributed by atoms with van der Waals surface area (Å²) < 4.78 is 39.3. The van der Waals surface area contributed by atoms with E-state index < -0.39 is 34.9 Å². The van der Waals surface area contributed by atoms with Crippen LogP contribution in [0.3, 0.4) is 0 Å². The van der Waals surface area contributed by atoms with Crippen LogP contribution in [0, 0.1) is 0 Å². The molecule has 0 aliphatic carbocycles. The van der Waals surface area contributed by atoms with Crippen LogP contribution in [0.4, 0.5) is 24.8 Å². The molecule has 0 radical (unpaired) electrons. The van der Waals surface area contributed by atoms with Gasteiger partial charge in [-0.1, -0.05) is 11.6 Å². The number of hydrogen-bond acceptors (Lipinski definition) is 11. The fourth-order valence-corrected chi connectivity index (χ4v) is 4.96. The van der Waals surface area contributed by atoms with Gasteiger partial charge in [0.2, 0.25) is 0 Å². The minimum absolute atomic E-state index is 0.106. The number of aliphatic hydroxyl groups is 2. The third-order valence-electron chi connectivity index (χ3n) is 5.97. The Balaban J connectivity index is 1.36. The summed E-state index contributed by atoms with van der Waals surface area (Å²) in [5.74, 6) is -0.0305. The summed E-state index contributed by atoms with van der Waals surface area (Å²) in [6.45, 7) is 5.38. The molecule has 210 valence electrons. The van der Waals surface area contributed by atoms with Crippen molar-refractivity contribution < 1.29 is 28.2 Å². The van der Waals surface area contributed by atoms with Crippen molar-refractivity contribution in [2.75, 3.05) is 49.5 Å². The SMILES string of the molecule is C[C@@H](NC(=O)c1cc(N2CCN(CCO)CC2)ncn1)c1ncc(C(O)Nc2cc(C(F)(F)F)c(Cl)cn2)s1. The van der Waals surface area contributed by atoms with Gasteiger partial charge in [-0.3, -0.25) is 9.69 Å². The molecular weight excluding hydrogens is 561 g/mol. The number of piperazine rings is 1. The van der Waals surface area contributed by atoms with Crippen molar-refractivity contribution in [2.24, 2.45) is 0 Å². The van der Waals surface area contributed by atoms with Crippen molar-refractivity contribution in [3.8, 4) is 0 Å². The lowest BCUT2D eigenvalue weighted by Crippen LogP contribution is -2.47. The highest BCUT2D eigenvalue weighted by atomic mass is 35.5. The van der Waals surface area contributed by atoms with Crippen molar-refractivity contribution in [1.29, 1.82) is 0 Å². The number of nitrogens with one attached hydrogen (secondary N) is 2. The maximum atomic E-state index is 13.1. The lowest BCUT2D eigenvalue weighted by molar-refractivity contribution is -0.137. The zero-order valence-electron chi connectivity index (χ0n) is 20.7. The zero-order valence-corrected chi connectivity index (χ0v) is 22.3. The van der Waals surface area contributed by atoms with Gasteiger partial charge < -0.3 is 25.7 Å². The van der Waals surface area contributed by atoms with Gasteiger partial charge >= 0.3 is 6.18 Å². The molecule has 16 heteroatoms. The van der Waals surface area contributed by atoms with Gasteiger partial charge in [-0.15, -0.1) is 11.3 Å². The highest BCUT2D eigenvalue weighted by molar-refractivity contribution is 7.11. The highest BCUT2D eigenvalue weighted by Crippen LogP contribution is 2.36. The molecule has 1 saturated heterocycles. The monoisotopic (exact) mass is 586 g/mol. The maximum Gasteiger partial charge on any atom is 0.418 e.